The second kappa shape index (κ2) is 9.43. The zero-order valence-corrected chi connectivity index (χ0v) is 14.1. The first-order chi connectivity index (χ1) is 8.72. The Kier molecular flexibility index (Phi) is 9.19. The van der Waals surface area contributed by atoms with E-state index in [9.17, 15) is 5.11 Å². The molecule has 1 atom stereocenters. The second-order valence-corrected chi connectivity index (χ2v) is 5.22. The van der Waals surface area contributed by atoms with E-state index in [0.29, 0.717) is 6.42 Å². The van der Waals surface area contributed by atoms with Gasteiger partial charge in [0, 0.05) is 36.7 Å². The number of phenolic OH excluding ortho intramolecular Hbond substituents is 1. The molecule has 1 aliphatic rings. The summed E-state index contributed by atoms with van der Waals surface area (Å²) in [6, 6.07) is 7.51. The molecule has 0 aliphatic carbocycles. The van der Waals surface area contributed by atoms with Gasteiger partial charge in [-0.2, -0.15) is 5.26 Å². The van der Waals surface area contributed by atoms with E-state index in [4.69, 9.17) is 5.26 Å². The molecule has 2 N–H and O–H groups in total. The van der Waals surface area contributed by atoms with Gasteiger partial charge in [0.15, 0.2) is 0 Å². The fourth-order valence-electron chi connectivity index (χ4n) is 2.30. The molecule has 4 nitrogen and oxygen atoms in total. The summed E-state index contributed by atoms with van der Waals surface area (Å²) < 4.78 is 0.944. The van der Waals surface area contributed by atoms with Crippen molar-refractivity contribution in [3.05, 3.63) is 28.2 Å². The van der Waals surface area contributed by atoms with Gasteiger partial charge in [-0.1, -0.05) is 15.9 Å². The fraction of sp³-hybridized carbons (Fsp3) is 0.462. The fourth-order valence-corrected chi connectivity index (χ4v) is 2.81. The van der Waals surface area contributed by atoms with Gasteiger partial charge in [-0.3, -0.25) is 4.90 Å². The predicted molar refractivity (Wildman–Crippen MR) is 87.7 cm³/mol. The Morgan fingerprint density at radius 1 is 1.35 bits per heavy atom. The average Bonchev–Trinajstić information content (AvgIpc) is 2.40. The van der Waals surface area contributed by atoms with Gasteiger partial charge >= 0.3 is 0 Å². The number of hydrogen-bond donors (Lipinski definition) is 2. The van der Waals surface area contributed by atoms with Crippen molar-refractivity contribution >= 4 is 40.7 Å². The number of hydrogen-bond acceptors (Lipinski definition) is 4. The van der Waals surface area contributed by atoms with Crippen molar-refractivity contribution < 1.29 is 5.11 Å². The molecule has 0 radical (unpaired) electrons. The maximum Gasteiger partial charge on any atom is 0.115 e. The molecule has 1 aliphatic heterocycles. The Balaban J connectivity index is 0.00000180. The van der Waals surface area contributed by atoms with Crippen LogP contribution >= 0.6 is 40.7 Å². The van der Waals surface area contributed by atoms with Gasteiger partial charge in [-0.15, -0.1) is 24.8 Å². The van der Waals surface area contributed by atoms with Crippen LogP contribution in [-0.4, -0.2) is 36.2 Å². The minimum Gasteiger partial charge on any atom is -0.508 e. The molecular formula is C13H18BrCl2N3O. The summed E-state index contributed by atoms with van der Waals surface area (Å²) in [5, 5.41) is 21.9. The molecule has 0 amide bonds. The highest BCUT2D eigenvalue weighted by molar-refractivity contribution is 9.10. The van der Waals surface area contributed by atoms with Gasteiger partial charge in [0.05, 0.1) is 12.5 Å². The highest BCUT2D eigenvalue weighted by Gasteiger charge is 2.23. The van der Waals surface area contributed by atoms with Gasteiger partial charge in [-0.05, 0) is 23.8 Å². The molecule has 0 saturated carbocycles. The summed E-state index contributed by atoms with van der Waals surface area (Å²) in [7, 11) is 0. The summed E-state index contributed by atoms with van der Waals surface area (Å²) >= 11 is 3.50. The number of nitriles is 1. The maximum absolute atomic E-state index is 9.62. The van der Waals surface area contributed by atoms with Crippen molar-refractivity contribution in [2.24, 2.45) is 0 Å². The minimum atomic E-state index is 0. The third-order valence-corrected chi connectivity index (χ3v) is 3.94. The van der Waals surface area contributed by atoms with Crippen molar-refractivity contribution in [3.63, 3.8) is 0 Å². The number of benzene rings is 1. The van der Waals surface area contributed by atoms with Crippen molar-refractivity contribution in [2.45, 2.75) is 12.5 Å². The van der Waals surface area contributed by atoms with E-state index in [1.165, 1.54) is 0 Å². The third-order valence-electron chi connectivity index (χ3n) is 3.22. The van der Waals surface area contributed by atoms with Crippen molar-refractivity contribution in [3.8, 4) is 11.8 Å². The molecule has 20 heavy (non-hydrogen) atoms. The molecule has 0 aromatic heterocycles. The van der Waals surface area contributed by atoms with Crippen LogP contribution in [0.3, 0.4) is 0 Å². The molecule has 1 aromatic rings. The van der Waals surface area contributed by atoms with Gasteiger partial charge in [0.2, 0.25) is 0 Å². The predicted octanol–water partition coefficient (Wildman–Crippen LogP) is 2.86. The number of rotatable bonds is 3. The minimum absolute atomic E-state index is 0. The Hall–Kier alpha value is -0.510. The van der Waals surface area contributed by atoms with E-state index < -0.39 is 0 Å². The van der Waals surface area contributed by atoms with Crippen molar-refractivity contribution in [1.29, 1.82) is 5.26 Å². The summed E-state index contributed by atoms with van der Waals surface area (Å²) in [6.45, 7) is 3.74. The Bertz CT molecular complexity index is 461. The molecule has 1 saturated heterocycles. The normalized spacial score (nSPS) is 16.4. The molecule has 1 heterocycles. The molecular weight excluding hydrogens is 365 g/mol. The van der Waals surface area contributed by atoms with Crippen LogP contribution in [0.15, 0.2) is 22.7 Å². The molecule has 112 valence electrons. The number of halogens is 3. The number of phenols is 1. The summed E-state index contributed by atoms with van der Waals surface area (Å²) in [4.78, 5) is 2.29. The van der Waals surface area contributed by atoms with E-state index in [2.05, 4.69) is 32.2 Å². The molecule has 0 bridgehead atoms. The van der Waals surface area contributed by atoms with Crippen molar-refractivity contribution in [1.82, 2.24) is 10.2 Å². The topological polar surface area (TPSA) is 59.3 Å². The molecule has 1 fully saturated rings. The lowest BCUT2D eigenvalue weighted by molar-refractivity contribution is 0.175. The van der Waals surface area contributed by atoms with Crippen LogP contribution in [0.2, 0.25) is 0 Å². The number of nitrogens with one attached hydrogen (secondary N) is 1. The molecule has 7 heteroatoms. The van der Waals surface area contributed by atoms with E-state index in [1.807, 2.05) is 6.07 Å². The van der Waals surface area contributed by atoms with E-state index in [-0.39, 0.29) is 36.6 Å². The largest absolute Gasteiger partial charge is 0.508 e. The van der Waals surface area contributed by atoms with Crippen LogP contribution in [0.25, 0.3) is 0 Å². The third kappa shape index (κ3) is 4.80. The molecule has 0 spiro atoms. The molecule has 2 rings (SSSR count). The Morgan fingerprint density at radius 2 is 2.00 bits per heavy atom. The Morgan fingerprint density at radius 3 is 2.60 bits per heavy atom. The van der Waals surface area contributed by atoms with E-state index >= 15 is 0 Å². The number of piperazine rings is 1. The summed E-state index contributed by atoms with van der Waals surface area (Å²) in [5.41, 5.74) is 0.985. The summed E-state index contributed by atoms with van der Waals surface area (Å²) in [5.74, 6) is 0.242. The zero-order valence-electron chi connectivity index (χ0n) is 10.9. The first-order valence-corrected chi connectivity index (χ1v) is 6.82. The van der Waals surface area contributed by atoms with Crippen LogP contribution < -0.4 is 5.32 Å². The quantitative estimate of drug-likeness (QED) is 0.843. The SMILES string of the molecule is Cl.Cl.N#CC[C@@H](c1cc(O)ccc1Br)N1CCNCC1. The highest BCUT2D eigenvalue weighted by atomic mass is 79.9. The van der Waals surface area contributed by atoms with E-state index in [0.717, 1.165) is 36.2 Å². The van der Waals surface area contributed by atoms with Crippen LogP contribution in [0.1, 0.15) is 18.0 Å². The number of nitrogens with zero attached hydrogens (tertiary/aromatic N) is 2. The lowest BCUT2D eigenvalue weighted by atomic mass is 10.0. The van der Waals surface area contributed by atoms with E-state index in [1.54, 1.807) is 12.1 Å². The summed E-state index contributed by atoms with van der Waals surface area (Å²) in [6.07, 6.45) is 0.433. The second-order valence-electron chi connectivity index (χ2n) is 4.37. The smallest absolute Gasteiger partial charge is 0.115 e. The lowest BCUT2D eigenvalue weighted by Crippen LogP contribution is -2.45. The van der Waals surface area contributed by atoms with Gasteiger partial charge in [0.25, 0.3) is 0 Å². The monoisotopic (exact) mass is 381 g/mol. The van der Waals surface area contributed by atoms with Crippen LogP contribution in [-0.2, 0) is 0 Å². The van der Waals surface area contributed by atoms with Crippen LogP contribution in [0, 0.1) is 11.3 Å². The number of aromatic hydroxyl groups is 1. The highest BCUT2D eigenvalue weighted by Crippen LogP contribution is 2.32. The molecule has 0 unspecified atom stereocenters. The average molecular weight is 383 g/mol. The van der Waals surface area contributed by atoms with Gasteiger partial charge in [0.1, 0.15) is 5.75 Å². The lowest BCUT2D eigenvalue weighted by Gasteiger charge is -2.34. The van der Waals surface area contributed by atoms with Crippen molar-refractivity contribution in [2.75, 3.05) is 26.2 Å². The standard InChI is InChI=1S/C13H16BrN3O.2ClH/c14-12-2-1-10(18)9-11(12)13(3-4-15)17-7-5-16-6-8-17;;/h1-2,9,13,16,18H,3,5-8H2;2*1H/t13-;;/m0../s1. The maximum atomic E-state index is 9.62. The van der Waals surface area contributed by atoms with Crippen LogP contribution in [0.4, 0.5) is 0 Å². The zero-order chi connectivity index (χ0) is 13.0. The van der Waals surface area contributed by atoms with Gasteiger partial charge < -0.3 is 10.4 Å². The van der Waals surface area contributed by atoms with Gasteiger partial charge in [-0.25, -0.2) is 0 Å². The first kappa shape index (κ1) is 19.5. The van der Waals surface area contributed by atoms with Crippen LogP contribution in [0.5, 0.6) is 5.75 Å². The first-order valence-electron chi connectivity index (χ1n) is 6.02. The molecule has 1 aromatic carbocycles. The Labute approximate surface area is 140 Å².